The van der Waals surface area contributed by atoms with Gasteiger partial charge in [0.1, 0.15) is 12.1 Å². The summed E-state index contributed by atoms with van der Waals surface area (Å²) in [5, 5.41) is 2.87. The highest BCUT2D eigenvalue weighted by Crippen LogP contribution is 2.42. The lowest BCUT2D eigenvalue weighted by Gasteiger charge is -2.45. The third-order valence-corrected chi connectivity index (χ3v) is 4.78. The Hall–Kier alpha value is -1.06. The van der Waals surface area contributed by atoms with E-state index in [9.17, 15) is 9.59 Å². The summed E-state index contributed by atoms with van der Waals surface area (Å²) < 4.78 is 0. The van der Waals surface area contributed by atoms with Gasteiger partial charge in [-0.1, -0.05) is 33.6 Å². The van der Waals surface area contributed by atoms with Crippen LogP contribution in [-0.4, -0.2) is 34.8 Å². The molecule has 3 atom stereocenters. The van der Waals surface area contributed by atoms with Crippen LogP contribution in [0.5, 0.6) is 0 Å². The topological polar surface area (TPSA) is 49.4 Å². The Labute approximate surface area is 115 Å². The first-order valence-corrected chi connectivity index (χ1v) is 7.51. The lowest BCUT2D eigenvalue weighted by atomic mass is 9.84. The molecule has 0 radical (unpaired) electrons. The Kier molecular flexibility index (Phi) is 3.88. The molecule has 0 aromatic rings. The first kappa shape index (κ1) is 14.4. The minimum atomic E-state index is -0.331. The molecule has 108 valence electrons. The van der Waals surface area contributed by atoms with Gasteiger partial charge in [0.15, 0.2) is 0 Å². The molecule has 0 spiro atoms. The number of rotatable bonds is 3. The molecule has 3 unspecified atom stereocenters. The number of nitrogens with zero attached hydrogens (tertiary/aromatic N) is 1. The summed E-state index contributed by atoms with van der Waals surface area (Å²) in [5.74, 6) is 0.120. The average Bonchev–Trinajstić information content (AvgIpc) is 2.67. The molecular weight excluding hydrogens is 240 g/mol. The molecule has 4 nitrogen and oxygen atoms in total. The summed E-state index contributed by atoms with van der Waals surface area (Å²) in [6.45, 7) is 8.32. The van der Waals surface area contributed by atoms with Gasteiger partial charge in [0.05, 0.1) is 0 Å². The van der Waals surface area contributed by atoms with Crippen molar-refractivity contribution in [1.29, 1.82) is 0 Å². The van der Waals surface area contributed by atoms with Crippen molar-refractivity contribution < 1.29 is 9.59 Å². The normalized spacial score (nSPS) is 34.5. The molecule has 0 aromatic heterocycles. The fraction of sp³-hybridized carbons (Fsp3) is 0.867. The van der Waals surface area contributed by atoms with Crippen LogP contribution in [-0.2, 0) is 9.59 Å². The fourth-order valence-electron chi connectivity index (χ4n) is 3.58. The lowest BCUT2D eigenvalue weighted by molar-refractivity contribution is -0.153. The largest absolute Gasteiger partial charge is 0.343 e. The number of carbonyl (C=O) groups excluding carboxylic acids is 2. The SMILES string of the molecule is CCCC1NC(=O)C(C)N(C2CCCC2(C)C)C1=O. The number of carbonyl (C=O) groups is 2. The second-order valence-corrected chi connectivity index (χ2v) is 6.67. The van der Waals surface area contributed by atoms with Gasteiger partial charge in [-0.2, -0.15) is 0 Å². The van der Waals surface area contributed by atoms with Gasteiger partial charge >= 0.3 is 0 Å². The zero-order valence-electron chi connectivity index (χ0n) is 12.5. The Morgan fingerprint density at radius 2 is 2.05 bits per heavy atom. The Morgan fingerprint density at radius 1 is 1.37 bits per heavy atom. The van der Waals surface area contributed by atoms with Crippen molar-refractivity contribution >= 4 is 11.8 Å². The number of amides is 2. The lowest BCUT2D eigenvalue weighted by Crippen LogP contribution is -2.66. The predicted molar refractivity (Wildman–Crippen MR) is 74.6 cm³/mol. The van der Waals surface area contributed by atoms with Crippen molar-refractivity contribution in [2.45, 2.75) is 77.9 Å². The molecule has 1 heterocycles. The highest BCUT2D eigenvalue weighted by atomic mass is 16.2. The molecule has 2 amide bonds. The van der Waals surface area contributed by atoms with Crippen LogP contribution in [0.4, 0.5) is 0 Å². The van der Waals surface area contributed by atoms with Crippen LogP contribution in [0.15, 0.2) is 0 Å². The van der Waals surface area contributed by atoms with Crippen molar-refractivity contribution in [1.82, 2.24) is 10.2 Å². The van der Waals surface area contributed by atoms with Crippen LogP contribution >= 0.6 is 0 Å². The molecule has 19 heavy (non-hydrogen) atoms. The van der Waals surface area contributed by atoms with Gasteiger partial charge in [-0.15, -0.1) is 0 Å². The number of hydrogen-bond acceptors (Lipinski definition) is 2. The van der Waals surface area contributed by atoms with Crippen LogP contribution in [0.25, 0.3) is 0 Å². The number of piperazine rings is 1. The Balaban J connectivity index is 2.25. The summed E-state index contributed by atoms with van der Waals surface area (Å²) in [5.41, 5.74) is 0.123. The minimum absolute atomic E-state index is 0.000694. The van der Waals surface area contributed by atoms with E-state index < -0.39 is 0 Å². The summed E-state index contributed by atoms with van der Waals surface area (Å²) >= 11 is 0. The van der Waals surface area contributed by atoms with Gasteiger partial charge in [-0.3, -0.25) is 9.59 Å². The van der Waals surface area contributed by atoms with E-state index in [-0.39, 0.29) is 35.4 Å². The van der Waals surface area contributed by atoms with E-state index in [0.29, 0.717) is 0 Å². The Morgan fingerprint density at radius 3 is 2.58 bits per heavy atom. The summed E-state index contributed by atoms with van der Waals surface area (Å²) in [6, 6.07) is -0.437. The minimum Gasteiger partial charge on any atom is -0.343 e. The molecule has 2 fully saturated rings. The van der Waals surface area contributed by atoms with Crippen LogP contribution < -0.4 is 5.32 Å². The van der Waals surface area contributed by atoms with Gasteiger partial charge in [-0.05, 0) is 31.6 Å². The molecule has 1 aliphatic carbocycles. The molecule has 2 aliphatic rings. The highest BCUT2D eigenvalue weighted by Gasteiger charge is 2.47. The molecule has 1 saturated carbocycles. The van der Waals surface area contributed by atoms with Crippen molar-refractivity contribution in [3.8, 4) is 0 Å². The quantitative estimate of drug-likeness (QED) is 0.850. The third-order valence-electron chi connectivity index (χ3n) is 4.78. The van der Waals surface area contributed by atoms with E-state index in [2.05, 4.69) is 19.2 Å². The van der Waals surface area contributed by atoms with Crippen molar-refractivity contribution in [3.05, 3.63) is 0 Å². The maximum absolute atomic E-state index is 12.7. The maximum Gasteiger partial charge on any atom is 0.246 e. The summed E-state index contributed by atoms with van der Waals surface area (Å²) in [4.78, 5) is 26.6. The molecular formula is C15H26N2O2. The molecule has 1 saturated heterocycles. The van der Waals surface area contributed by atoms with Crippen molar-refractivity contribution in [2.24, 2.45) is 5.41 Å². The first-order valence-electron chi connectivity index (χ1n) is 7.51. The third kappa shape index (κ3) is 2.49. The molecule has 2 rings (SSSR count). The molecule has 0 bridgehead atoms. The standard InChI is InChI=1S/C15H26N2O2/c1-5-7-11-14(19)17(10(2)13(18)16-11)12-8-6-9-15(12,3)4/h10-12H,5-9H2,1-4H3,(H,16,18). The number of hydrogen-bond donors (Lipinski definition) is 1. The van der Waals surface area contributed by atoms with E-state index in [1.165, 1.54) is 0 Å². The van der Waals surface area contributed by atoms with E-state index in [0.717, 1.165) is 32.1 Å². The maximum atomic E-state index is 12.7. The Bertz CT molecular complexity index is 378. The van der Waals surface area contributed by atoms with Crippen LogP contribution in [0.1, 0.15) is 59.8 Å². The first-order chi connectivity index (χ1) is 8.88. The van der Waals surface area contributed by atoms with Crippen molar-refractivity contribution in [3.63, 3.8) is 0 Å². The van der Waals surface area contributed by atoms with Gasteiger partial charge in [0, 0.05) is 6.04 Å². The monoisotopic (exact) mass is 266 g/mol. The summed E-state index contributed by atoms with van der Waals surface area (Å²) in [7, 11) is 0. The zero-order valence-corrected chi connectivity index (χ0v) is 12.5. The van der Waals surface area contributed by atoms with Crippen molar-refractivity contribution in [2.75, 3.05) is 0 Å². The van der Waals surface area contributed by atoms with Crippen LogP contribution in [0.2, 0.25) is 0 Å². The van der Waals surface area contributed by atoms with Gasteiger partial charge in [-0.25, -0.2) is 0 Å². The van der Waals surface area contributed by atoms with Crippen LogP contribution in [0, 0.1) is 5.41 Å². The van der Waals surface area contributed by atoms with Gasteiger partial charge < -0.3 is 10.2 Å². The van der Waals surface area contributed by atoms with Gasteiger partial charge in [0.2, 0.25) is 11.8 Å². The summed E-state index contributed by atoms with van der Waals surface area (Å²) in [6.07, 6.45) is 4.95. The van der Waals surface area contributed by atoms with Gasteiger partial charge in [0.25, 0.3) is 0 Å². The average molecular weight is 266 g/mol. The number of nitrogens with one attached hydrogen (secondary N) is 1. The van der Waals surface area contributed by atoms with Crippen LogP contribution in [0.3, 0.4) is 0 Å². The predicted octanol–water partition coefficient (Wildman–Crippen LogP) is 2.08. The van der Waals surface area contributed by atoms with E-state index in [1.807, 2.05) is 18.7 Å². The van der Waals surface area contributed by atoms with E-state index >= 15 is 0 Å². The second-order valence-electron chi connectivity index (χ2n) is 6.67. The highest BCUT2D eigenvalue weighted by molar-refractivity contribution is 5.97. The second kappa shape index (κ2) is 5.14. The van der Waals surface area contributed by atoms with E-state index in [4.69, 9.17) is 0 Å². The molecule has 1 aliphatic heterocycles. The zero-order chi connectivity index (χ0) is 14.2. The molecule has 1 N–H and O–H groups in total. The smallest absolute Gasteiger partial charge is 0.246 e. The fourth-order valence-corrected chi connectivity index (χ4v) is 3.58. The molecule has 4 heteroatoms. The van der Waals surface area contributed by atoms with E-state index in [1.54, 1.807) is 0 Å². The molecule has 0 aromatic carbocycles.